The topological polar surface area (TPSA) is 74.3 Å². The van der Waals surface area contributed by atoms with Gasteiger partial charge in [0, 0.05) is 49.0 Å². The van der Waals surface area contributed by atoms with Gasteiger partial charge in [0.05, 0.1) is 19.4 Å². The molecule has 5 rings (SSSR count). The second kappa shape index (κ2) is 9.80. The van der Waals surface area contributed by atoms with E-state index in [0.29, 0.717) is 22.8 Å². The lowest BCUT2D eigenvalue weighted by Gasteiger charge is -2.58. The number of hydrogen-bond acceptors (Lipinski definition) is 6. The highest BCUT2D eigenvalue weighted by Crippen LogP contribution is 2.41. The van der Waals surface area contributed by atoms with Gasteiger partial charge < -0.3 is 14.5 Å². The molecule has 2 aliphatic heterocycles. The largest absolute Gasteiger partial charge is 0.444 e. The summed E-state index contributed by atoms with van der Waals surface area (Å²) in [5.74, 6) is 1.26. The van der Waals surface area contributed by atoms with Crippen LogP contribution in [0.3, 0.4) is 0 Å². The van der Waals surface area contributed by atoms with E-state index >= 15 is 0 Å². The first-order valence-electron chi connectivity index (χ1n) is 11.5. The molecule has 2 aromatic rings. The Hall–Kier alpha value is -2.10. The van der Waals surface area contributed by atoms with E-state index in [1.807, 2.05) is 34.6 Å². The molecule has 30 heavy (non-hydrogen) atoms. The van der Waals surface area contributed by atoms with Crippen molar-refractivity contribution in [2.45, 2.75) is 72.4 Å². The van der Waals surface area contributed by atoms with Gasteiger partial charge in [-0.05, 0) is 32.6 Å². The highest BCUT2D eigenvalue weighted by Gasteiger charge is 2.50. The summed E-state index contributed by atoms with van der Waals surface area (Å²) in [5, 5.41) is 13.6. The van der Waals surface area contributed by atoms with Gasteiger partial charge in [-0.1, -0.05) is 27.7 Å². The Bertz CT molecular complexity index is 872. The van der Waals surface area contributed by atoms with Gasteiger partial charge >= 0.3 is 0 Å². The first kappa shape index (κ1) is 22.6. The summed E-state index contributed by atoms with van der Waals surface area (Å²) < 4.78 is 10.8. The van der Waals surface area contributed by atoms with Crippen LogP contribution in [-0.4, -0.2) is 48.3 Å². The standard InChI is InChI=1S/C20H24N4O2.2C2H6.H2/c1-13-17-6-16(7-21)26-18(17)8-22-19(13)23-14-2-4-15(5-3-14)24-9-20(10-24)11-25-12-20;2*1-2;/h6,8,14-15H,2-5,9-12H2,1H3,(H,22,23);2*1-2H3;1H. The number of fused-ring (bicyclic) bond motifs is 1. The minimum atomic E-state index is 0. The van der Waals surface area contributed by atoms with E-state index in [9.17, 15) is 0 Å². The number of ether oxygens (including phenoxy) is 1. The van der Waals surface area contributed by atoms with Crippen molar-refractivity contribution in [2.75, 3.05) is 31.6 Å². The molecule has 2 aromatic heterocycles. The summed E-state index contributed by atoms with van der Waals surface area (Å²) in [6, 6.07) is 5.07. The molecule has 166 valence electrons. The van der Waals surface area contributed by atoms with E-state index < -0.39 is 0 Å². The van der Waals surface area contributed by atoms with E-state index in [1.165, 1.54) is 38.8 Å². The number of nitriles is 1. The molecule has 4 heterocycles. The molecule has 3 aliphatic rings. The predicted molar refractivity (Wildman–Crippen MR) is 123 cm³/mol. The number of nitrogens with one attached hydrogen (secondary N) is 1. The molecule has 2 saturated heterocycles. The van der Waals surface area contributed by atoms with Crippen LogP contribution in [0.5, 0.6) is 0 Å². The fraction of sp³-hybridized carbons (Fsp3) is 0.667. The van der Waals surface area contributed by atoms with Gasteiger partial charge in [0.25, 0.3) is 0 Å². The summed E-state index contributed by atoms with van der Waals surface area (Å²) in [4.78, 5) is 7.18. The highest BCUT2D eigenvalue weighted by atomic mass is 16.5. The number of nitrogens with zero attached hydrogens (tertiary/aromatic N) is 3. The number of rotatable bonds is 3. The van der Waals surface area contributed by atoms with Crippen LogP contribution >= 0.6 is 0 Å². The molecule has 1 N–H and O–H groups in total. The summed E-state index contributed by atoms with van der Waals surface area (Å²) in [5.41, 5.74) is 2.25. The van der Waals surface area contributed by atoms with E-state index in [1.54, 1.807) is 12.3 Å². The van der Waals surface area contributed by atoms with Crippen LogP contribution < -0.4 is 5.32 Å². The monoisotopic (exact) mass is 414 g/mol. The third kappa shape index (κ3) is 4.33. The SMILES string of the molecule is CC.CC.Cc1c(NC2CCC(N3CC4(COC4)C3)CC2)ncc2oc(C#N)cc12.[HH]. The molecule has 0 aromatic carbocycles. The van der Waals surface area contributed by atoms with Crippen LogP contribution in [-0.2, 0) is 4.74 Å². The zero-order valence-electron chi connectivity index (χ0n) is 19.1. The normalized spacial score (nSPS) is 24.4. The lowest BCUT2D eigenvalue weighted by Crippen LogP contribution is -2.68. The van der Waals surface area contributed by atoms with Crippen molar-refractivity contribution in [1.82, 2.24) is 9.88 Å². The Morgan fingerprint density at radius 3 is 2.40 bits per heavy atom. The Morgan fingerprint density at radius 1 is 1.17 bits per heavy atom. The van der Waals surface area contributed by atoms with E-state index in [-0.39, 0.29) is 1.43 Å². The van der Waals surface area contributed by atoms with Crippen LogP contribution in [0, 0.1) is 23.7 Å². The van der Waals surface area contributed by atoms with Crippen molar-refractivity contribution in [3.63, 3.8) is 0 Å². The molecule has 0 atom stereocenters. The van der Waals surface area contributed by atoms with E-state index in [2.05, 4.69) is 21.3 Å². The third-order valence-electron chi connectivity index (χ3n) is 6.39. The molecule has 3 fully saturated rings. The van der Waals surface area contributed by atoms with Crippen molar-refractivity contribution in [2.24, 2.45) is 5.41 Å². The number of likely N-dealkylation sites (tertiary alicyclic amines) is 1. The molecule has 0 bridgehead atoms. The van der Waals surface area contributed by atoms with Crippen molar-refractivity contribution in [3.05, 3.63) is 23.6 Å². The van der Waals surface area contributed by atoms with Gasteiger partial charge in [-0.3, -0.25) is 4.90 Å². The Kier molecular flexibility index (Phi) is 7.38. The molecular formula is C24H38N4O2. The molecule has 6 nitrogen and oxygen atoms in total. The van der Waals surface area contributed by atoms with Crippen LogP contribution in [0.4, 0.5) is 5.82 Å². The second-order valence-electron chi connectivity index (χ2n) is 8.28. The van der Waals surface area contributed by atoms with Gasteiger partial charge in [0.1, 0.15) is 11.9 Å². The third-order valence-corrected chi connectivity index (χ3v) is 6.39. The molecular weight excluding hydrogens is 376 g/mol. The van der Waals surface area contributed by atoms with Crippen molar-refractivity contribution in [3.8, 4) is 6.07 Å². The fourth-order valence-corrected chi connectivity index (χ4v) is 4.77. The lowest BCUT2D eigenvalue weighted by atomic mass is 9.75. The number of hydrogen-bond donors (Lipinski definition) is 1. The maximum atomic E-state index is 9.02. The van der Waals surface area contributed by atoms with Crippen LogP contribution in [0.25, 0.3) is 11.0 Å². The molecule has 1 saturated carbocycles. The Balaban J connectivity index is 0.000000647. The first-order chi connectivity index (χ1) is 14.7. The Labute approximate surface area is 182 Å². The van der Waals surface area contributed by atoms with Crippen molar-refractivity contribution < 1.29 is 10.6 Å². The molecule has 0 radical (unpaired) electrons. The van der Waals surface area contributed by atoms with E-state index in [4.69, 9.17) is 14.4 Å². The quantitative estimate of drug-likeness (QED) is 0.728. The van der Waals surface area contributed by atoms with E-state index in [0.717, 1.165) is 36.0 Å². The summed E-state index contributed by atoms with van der Waals surface area (Å²) >= 11 is 0. The molecule has 0 amide bonds. The van der Waals surface area contributed by atoms with Gasteiger partial charge in [0.15, 0.2) is 5.58 Å². The van der Waals surface area contributed by atoms with Crippen LogP contribution in [0.15, 0.2) is 16.7 Å². The summed E-state index contributed by atoms with van der Waals surface area (Å²) in [6.07, 6.45) is 6.58. The minimum absolute atomic E-state index is 0. The number of anilines is 1. The minimum Gasteiger partial charge on any atom is -0.444 e. The fourth-order valence-electron chi connectivity index (χ4n) is 4.77. The molecule has 6 heteroatoms. The van der Waals surface area contributed by atoms with Crippen LogP contribution in [0.1, 0.15) is 66.1 Å². The summed E-state index contributed by atoms with van der Waals surface area (Å²) in [6.45, 7) is 14.4. The average molecular weight is 415 g/mol. The lowest BCUT2D eigenvalue weighted by molar-refractivity contribution is -0.200. The zero-order valence-corrected chi connectivity index (χ0v) is 19.1. The maximum Gasteiger partial charge on any atom is 0.204 e. The number of furan rings is 1. The number of aromatic nitrogens is 1. The first-order valence-corrected chi connectivity index (χ1v) is 11.5. The number of aryl methyl sites for hydroxylation is 1. The molecule has 1 aliphatic carbocycles. The summed E-state index contributed by atoms with van der Waals surface area (Å²) in [7, 11) is 0. The predicted octanol–water partition coefficient (Wildman–Crippen LogP) is 5.36. The maximum absolute atomic E-state index is 9.02. The Morgan fingerprint density at radius 2 is 1.83 bits per heavy atom. The van der Waals surface area contributed by atoms with Gasteiger partial charge in [-0.2, -0.15) is 5.26 Å². The van der Waals surface area contributed by atoms with Gasteiger partial charge in [0.2, 0.25) is 5.76 Å². The smallest absolute Gasteiger partial charge is 0.204 e. The average Bonchev–Trinajstić information content (AvgIpc) is 3.17. The molecule has 0 unspecified atom stereocenters. The molecule has 1 spiro atoms. The zero-order chi connectivity index (χ0) is 21.7. The van der Waals surface area contributed by atoms with Gasteiger partial charge in [-0.15, -0.1) is 0 Å². The second-order valence-corrected chi connectivity index (χ2v) is 8.28. The number of pyridine rings is 1. The van der Waals surface area contributed by atoms with Crippen LogP contribution in [0.2, 0.25) is 0 Å². The van der Waals surface area contributed by atoms with Crippen molar-refractivity contribution in [1.29, 1.82) is 5.26 Å². The highest BCUT2D eigenvalue weighted by molar-refractivity contribution is 5.85. The van der Waals surface area contributed by atoms with Crippen molar-refractivity contribution >= 4 is 16.8 Å². The van der Waals surface area contributed by atoms with Gasteiger partial charge in [-0.25, -0.2) is 4.98 Å².